The fourth-order valence-electron chi connectivity index (χ4n) is 2.06. The molecule has 1 atom stereocenters. The molecule has 0 aliphatic rings. The van der Waals surface area contributed by atoms with E-state index in [1.165, 1.54) is 11.3 Å². The number of rotatable bonds is 7. The molecule has 0 saturated carbocycles. The van der Waals surface area contributed by atoms with Gasteiger partial charge in [-0.3, -0.25) is 4.79 Å². The summed E-state index contributed by atoms with van der Waals surface area (Å²) in [5.74, 6) is 0.166. The number of carbonyl (C=O) groups is 1. The van der Waals surface area contributed by atoms with Crippen molar-refractivity contribution < 1.29 is 4.79 Å². The van der Waals surface area contributed by atoms with E-state index in [2.05, 4.69) is 29.4 Å². The third-order valence-corrected chi connectivity index (χ3v) is 3.63. The van der Waals surface area contributed by atoms with Crippen LogP contribution in [0.4, 0.5) is 0 Å². The molecule has 106 valence electrons. The molecule has 4 nitrogen and oxygen atoms in total. The largest absolute Gasteiger partial charge is 0.305 e. The molecule has 1 aromatic carbocycles. The van der Waals surface area contributed by atoms with Crippen LogP contribution in [0.2, 0.25) is 0 Å². The van der Waals surface area contributed by atoms with E-state index in [9.17, 15) is 4.79 Å². The van der Waals surface area contributed by atoms with E-state index in [0.717, 1.165) is 10.6 Å². The topological polar surface area (TPSA) is 54.9 Å². The fourth-order valence-corrected chi connectivity index (χ4v) is 2.60. The molecule has 20 heavy (non-hydrogen) atoms. The molecule has 2 aromatic rings. The fraction of sp³-hybridized carbons (Fsp3) is 0.400. The monoisotopic (exact) mass is 289 g/mol. The smallest absolute Gasteiger partial charge is 0.156 e. The van der Waals surface area contributed by atoms with Gasteiger partial charge >= 0.3 is 0 Å². The lowest BCUT2D eigenvalue weighted by Crippen LogP contribution is -2.43. The highest BCUT2D eigenvalue weighted by Gasteiger charge is 2.20. The van der Waals surface area contributed by atoms with E-state index in [4.69, 9.17) is 0 Å². The first-order chi connectivity index (χ1) is 9.65. The van der Waals surface area contributed by atoms with Gasteiger partial charge in [0.2, 0.25) is 0 Å². The molecule has 2 rings (SSSR count). The number of aromatic nitrogens is 2. The number of benzene rings is 1. The number of hydrogen-bond donors (Lipinski definition) is 1. The molecule has 0 radical (unpaired) electrons. The quantitative estimate of drug-likeness (QED) is 0.849. The van der Waals surface area contributed by atoms with Gasteiger partial charge in [0.15, 0.2) is 5.78 Å². The molecular formula is C15H19N3OS. The minimum atomic E-state index is -0.179. The Morgan fingerprint density at radius 3 is 2.65 bits per heavy atom. The maximum absolute atomic E-state index is 12.4. The normalized spacial score (nSPS) is 12.6. The highest BCUT2D eigenvalue weighted by molar-refractivity contribution is 7.09. The SMILES string of the molecule is CC(C)N[C@@H](Cc1ccccc1)C(=O)Cc1nncs1. The third kappa shape index (κ3) is 4.51. The minimum Gasteiger partial charge on any atom is -0.305 e. The van der Waals surface area contributed by atoms with E-state index in [0.29, 0.717) is 12.8 Å². The van der Waals surface area contributed by atoms with Crippen LogP contribution >= 0.6 is 11.3 Å². The maximum Gasteiger partial charge on any atom is 0.156 e. The maximum atomic E-state index is 12.4. The van der Waals surface area contributed by atoms with Crippen molar-refractivity contribution in [2.75, 3.05) is 0 Å². The molecule has 0 unspecified atom stereocenters. The Hall–Kier alpha value is -1.59. The standard InChI is InChI=1S/C15H19N3OS/c1-11(2)17-13(8-12-6-4-3-5-7-12)14(19)9-15-18-16-10-20-15/h3-7,10-11,13,17H,8-9H2,1-2H3/t13-/m0/s1. The van der Waals surface area contributed by atoms with Gasteiger partial charge in [-0.1, -0.05) is 44.2 Å². The van der Waals surface area contributed by atoms with E-state index >= 15 is 0 Å². The summed E-state index contributed by atoms with van der Waals surface area (Å²) >= 11 is 1.42. The third-order valence-electron chi connectivity index (χ3n) is 2.94. The van der Waals surface area contributed by atoms with Crippen molar-refractivity contribution in [3.63, 3.8) is 0 Å². The molecule has 0 bridgehead atoms. The summed E-state index contributed by atoms with van der Waals surface area (Å²) in [5.41, 5.74) is 2.82. The van der Waals surface area contributed by atoms with Crippen molar-refractivity contribution in [3.05, 3.63) is 46.4 Å². The van der Waals surface area contributed by atoms with E-state index in [-0.39, 0.29) is 17.9 Å². The van der Waals surface area contributed by atoms with Crippen molar-refractivity contribution in [1.82, 2.24) is 15.5 Å². The highest BCUT2D eigenvalue weighted by atomic mass is 32.1. The van der Waals surface area contributed by atoms with Crippen LogP contribution in [-0.2, 0) is 17.6 Å². The molecule has 0 amide bonds. The predicted octanol–water partition coefficient (Wildman–Crippen LogP) is 2.26. The van der Waals surface area contributed by atoms with Gasteiger partial charge < -0.3 is 5.32 Å². The molecule has 0 saturated heterocycles. The molecule has 0 fully saturated rings. The Morgan fingerprint density at radius 2 is 2.05 bits per heavy atom. The van der Waals surface area contributed by atoms with Crippen molar-refractivity contribution in [3.8, 4) is 0 Å². The average Bonchev–Trinajstić information content (AvgIpc) is 2.91. The molecule has 1 heterocycles. The number of nitrogens with one attached hydrogen (secondary N) is 1. The Morgan fingerprint density at radius 1 is 1.30 bits per heavy atom. The van der Waals surface area contributed by atoms with Crippen LogP contribution in [0.5, 0.6) is 0 Å². The number of Topliss-reactive ketones (excluding diaryl/α,β-unsaturated/α-hetero) is 1. The Kier molecular flexibility index (Phi) is 5.38. The minimum absolute atomic E-state index is 0.166. The van der Waals surface area contributed by atoms with Gasteiger partial charge in [-0.2, -0.15) is 0 Å². The zero-order valence-electron chi connectivity index (χ0n) is 11.7. The number of ketones is 1. The zero-order chi connectivity index (χ0) is 14.4. The molecular weight excluding hydrogens is 270 g/mol. The summed E-state index contributed by atoms with van der Waals surface area (Å²) in [7, 11) is 0. The summed E-state index contributed by atoms with van der Waals surface area (Å²) in [6.07, 6.45) is 1.05. The van der Waals surface area contributed by atoms with Crippen molar-refractivity contribution in [2.24, 2.45) is 0 Å². The summed E-state index contributed by atoms with van der Waals surface area (Å²) in [6, 6.07) is 10.2. The van der Waals surface area contributed by atoms with Gasteiger partial charge in [0, 0.05) is 6.04 Å². The van der Waals surface area contributed by atoms with Crippen molar-refractivity contribution in [1.29, 1.82) is 0 Å². The second kappa shape index (κ2) is 7.26. The summed E-state index contributed by atoms with van der Waals surface area (Å²) in [6.45, 7) is 4.10. The summed E-state index contributed by atoms with van der Waals surface area (Å²) in [4.78, 5) is 12.4. The highest BCUT2D eigenvalue weighted by Crippen LogP contribution is 2.09. The van der Waals surface area contributed by atoms with Crippen LogP contribution in [0, 0.1) is 0 Å². The van der Waals surface area contributed by atoms with Crippen LogP contribution in [0.1, 0.15) is 24.4 Å². The van der Waals surface area contributed by atoms with Crippen molar-refractivity contribution >= 4 is 17.1 Å². The Labute approximate surface area is 123 Å². The van der Waals surface area contributed by atoms with Gasteiger partial charge in [0.25, 0.3) is 0 Å². The van der Waals surface area contributed by atoms with Gasteiger partial charge in [-0.25, -0.2) is 0 Å². The Bertz CT molecular complexity index is 525. The average molecular weight is 289 g/mol. The van der Waals surface area contributed by atoms with Gasteiger partial charge in [-0.15, -0.1) is 21.5 Å². The second-order valence-electron chi connectivity index (χ2n) is 5.04. The van der Waals surface area contributed by atoms with Crippen LogP contribution in [-0.4, -0.2) is 28.1 Å². The van der Waals surface area contributed by atoms with E-state index < -0.39 is 0 Å². The zero-order valence-corrected chi connectivity index (χ0v) is 12.6. The molecule has 0 aliphatic carbocycles. The molecule has 0 aliphatic heterocycles. The summed E-state index contributed by atoms with van der Waals surface area (Å²) < 4.78 is 0. The van der Waals surface area contributed by atoms with Crippen LogP contribution in [0.25, 0.3) is 0 Å². The lowest BCUT2D eigenvalue weighted by molar-refractivity contribution is -0.120. The van der Waals surface area contributed by atoms with Crippen LogP contribution in [0.15, 0.2) is 35.8 Å². The number of carbonyl (C=O) groups excluding carboxylic acids is 1. The van der Waals surface area contributed by atoms with Gasteiger partial charge in [-0.05, 0) is 12.0 Å². The first kappa shape index (κ1) is 14.8. The lowest BCUT2D eigenvalue weighted by atomic mass is 10.00. The van der Waals surface area contributed by atoms with Crippen molar-refractivity contribution in [2.45, 2.75) is 38.8 Å². The van der Waals surface area contributed by atoms with Gasteiger partial charge in [0.05, 0.1) is 12.5 Å². The van der Waals surface area contributed by atoms with Crippen LogP contribution < -0.4 is 5.32 Å². The Balaban J connectivity index is 2.04. The number of hydrogen-bond acceptors (Lipinski definition) is 5. The first-order valence-electron chi connectivity index (χ1n) is 6.73. The summed E-state index contributed by atoms with van der Waals surface area (Å²) in [5, 5.41) is 11.8. The van der Waals surface area contributed by atoms with Gasteiger partial charge in [0.1, 0.15) is 10.5 Å². The predicted molar refractivity (Wildman–Crippen MR) is 80.8 cm³/mol. The van der Waals surface area contributed by atoms with E-state index in [1.54, 1.807) is 5.51 Å². The lowest BCUT2D eigenvalue weighted by Gasteiger charge is -2.20. The second-order valence-corrected chi connectivity index (χ2v) is 5.96. The first-order valence-corrected chi connectivity index (χ1v) is 7.61. The molecule has 0 spiro atoms. The van der Waals surface area contributed by atoms with E-state index in [1.807, 2.05) is 30.3 Å². The molecule has 5 heteroatoms. The molecule has 1 N–H and O–H groups in total. The molecule has 1 aromatic heterocycles. The van der Waals surface area contributed by atoms with Crippen LogP contribution in [0.3, 0.4) is 0 Å². The number of nitrogens with zero attached hydrogens (tertiary/aromatic N) is 2.